The summed E-state index contributed by atoms with van der Waals surface area (Å²) in [4.78, 5) is 12.5. The van der Waals surface area contributed by atoms with Crippen LogP contribution < -0.4 is 9.62 Å². The molecule has 27 heavy (non-hydrogen) atoms. The Morgan fingerprint density at radius 3 is 2.59 bits per heavy atom. The highest BCUT2D eigenvalue weighted by Crippen LogP contribution is 2.28. The van der Waals surface area contributed by atoms with E-state index in [0.717, 1.165) is 21.9 Å². The molecule has 1 amide bonds. The van der Waals surface area contributed by atoms with E-state index >= 15 is 0 Å². The molecule has 1 aromatic carbocycles. The summed E-state index contributed by atoms with van der Waals surface area (Å²) in [5.41, 5.74) is 1.25. The molecule has 8 heteroatoms. The van der Waals surface area contributed by atoms with Gasteiger partial charge in [0.15, 0.2) is 0 Å². The number of hydrogen-bond donors (Lipinski definition) is 1. The van der Waals surface area contributed by atoms with Crippen LogP contribution in [0, 0.1) is 6.92 Å². The van der Waals surface area contributed by atoms with E-state index in [1.807, 2.05) is 18.7 Å². The number of nitrogens with one attached hydrogen (secondary N) is 1. The minimum atomic E-state index is -3.63. The molecule has 0 aliphatic heterocycles. The van der Waals surface area contributed by atoms with Gasteiger partial charge in [-0.15, -0.1) is 0 Å². The van der Waals surface area contributed by atoms with Gasteiger partial charge < -0.3 is 5.32 Å². The summed E-state index contributed by atoms with van der Waals surface area (Å²) in [5.74, 6) is 0.541. The molecular weight excluding hydrogens is 404 g/mol. The SMILES string of the molecule is Cc1ccc(N(C(C)C(=O)NCCSC2CCCCC2)S(C)(=O)=O)cc1Cl. The molecule has 0 aromatic heterocycles. The minimum Gasteiger partial charge on any atom is -0.353 e. The van der Waals surface area contributed by atoms with Crippen LogP contribution in [0.5, 0.6) is 0 Å². The third-order valence-electron chi connectivity index (χ3n) is 4.81. The molecule has 1 atom stereocenters. The molecule has 1 fully saturated rings. The lowest BCUT2D eigenvalue weighted by Gasteiger charge is -2.28. The first-order chi connectivity index (χ1) is 12.7. The van der Waals surface area contributed by atoms with Crippen LogP contribution in [-0.2, 0) is 14.8 Å². The Labute approximate surface area is 172 Å². The van der Waals surface area contributed by atoms with E-state index < -0.39 is 16.1 Å². The molecule has 0 heterocycles. The maximum absolute atomic E-state index is 12.5. The maximum Gasteiger partial charge on any atom is 0.243 e. The van der Waals surface area contributed by atoms with Crippen LogP contribution in [0.4, 0.5) is 5.69 Å². The van der Waals surface area contributed by atoms with Crippen molar-refractivity contribution in [1.29, 1.82) is 0 Å². The van der Waals surface area contributed by atoms with E-state index in [1.54, 1.807) is 25.1 Å². The predicted octanol–water partition coefficient (Wildman–Crippen LogP) is 3.99. The van der Waals surface area contributed by atoms with Crippen molar-refractivity contribution in [2.75, 3.05) is 22.9 Å². The summed E-state index contributed by atoms with van der Waals surface area (Å²) in [5, 5.41) is 4.03. The quantitative estimate of drug-likeness (QED) is 0.631. The second-order valence-corrected chi connectivity index (χ2v) is 10.8. The molecule has 2 rings (SSSR count). The van der Waals surface area contributed by atoms with Crippen LogP contribution in [0.3, 0.4) is 0 Å². The monoisotopic (exact) mass is 432 g/mol. The standard InChI is InChI=1S/C19H29ClN2O3S2/c1-14-9-10-16(13-18(14)20)22(27(3,24)25)15(2)19(23)21-11-12-26-17-7-5-4-6-8-17/h9-10,13,15,17H,4-8,11-12H2,1-3H3,(H,21,23). The lowest BCUT2D eigenvalue weighted by atomic mass is 10.0. The molecular formula is C19H29ClN2O3S2. The van der Waals surface area contributed by atoms with Crippen LogP contribution >= 0.6 is 23.4 Å². The van der Waals surface area contributed by atoms with Gasteiger partial charge in [0.2, 0.25) is 15.9 Å². The summed E-state index contributed by atoms with van der Waals surface area (Å²) in [7, 11) is -3.63. The number of hydrogen-bond acceptors (Lipinski definition) is 4. The van der Waals surface area contributed by atoms with E-state index in [4.69, 9.17) is 11.6 Å². The van der Waals surface area contributed by atoms with Gasteiger partial charge in [-0.3, -0.25) is 9.10 Å². The second kappa shape index (κ2) is 10.0. The van der Waals surface area contributed by atoms with Crippen LogP contribution in [-0.4, -0.2) is 44.2 Å². The van der Waals surface area contributed by atoms with Gasteiger partial charge in [0, 0.05) is 22.6 Å². The zero-order valence-electron chi connectivity index (χ0n) is 16.2. The average Bonchev–Trinajstić information content (AvgIpc) is 2.61. The number of anilines is 1. The second-order valence-electron chi connectivity index (χ2n) is 7.09. The van der Waals surface area contributed by atoms with Crippen LogP contribution in [0.25, 0.3) is 0 Å². The molecule has 1 aliphatic rings. The molecule has 0 radical (unpaired) electrons. The topological polar surface area (TPSA) is 66.5 Å². The average molecular weight is 433 g/mol. The summed E-state index contributed by atoms with van der Waals surface area (Å²) >= 11 is 8.04. The van der Waals surface area contributed by atoms with Gasteiger partial charge in [-0.2, -0.15) is 11.8 Å². The molecule has 152 valence electrons. The molecule has 0 bridgehead atoms. The molecule has 1 aliphatic carbocycles. The van der Waals surface area contributed by atoms with Crippen molar-refractivity contribution in [2.45, 2.75) is 57.2 Å². The molecule has 1 saturated carbocycles. The number of benzene rings is 1. The number of rotatable bonds is 8. The fourth-order valence-electron chi connectivity index (χ4n) is 3.31. The van der Waals surface area contributed by atoms with E-state index in [1.165, 1.54) is 32.1 Å². The van der Waals surface area contributed by atoms with Gasteiger partial charge in [0.1, 0.15) is 6.04 Å². The first-order valence-corrected chi connectivity index (χ1v) is 12.6. The highest BCUT2D eigenvalue weighted by atomic mass is 35.5. The number of aryl methyl sites for hydroxylation is 1. The third-order valence-corrected chi connectivity index (χ3v) is 7.84. The van der Waals surface area contributed by atoms with Crippen molar-refractivity contribution in [3.8, 4) is 0 Å². The number of carbonyl (C=O) groups is 1. The van der Waals surface area contributed by atoms with Crippen LogP contribution in [0.15, 0.2) is 18.2 Å². The van der Waals surface area contributed by atoms with Gasteiger partial charge in [0.25, 0.3) is 0 Å². The van der Waals surface area contributed by atoms with Crippen molar-refractivity contribution < 1.29 is 13.2 Å². The van der Waals surface area contributed by atoms with Crippen molar-refractivity contribution in [3.63, 3.8) is 0 Å². The van der Waals surface area contributed by atoms with Gasteiger partial charge in [-0.05, 0) is 44.4 Å². The Kier molecular flexibility index (Phi) is 8.31. The van der Waals surface area contributed by atoms with Gasteiger partial charge >= 0.3 is 0 Å². The first-order valence-electron chi connectivity index (χ1n) is 9.35. The molecule has 0 spiro atoms. The number of thioether (sulfide) groups is 1. The highest BCUT2D eigenvalue weighted by molar-refractivity contribution is 7.99. The summed E-state index contributed by atoms with van der Waals surface area (Å²) in [6.07, 6.45) is 7.53. The van der Waals surface area contributed by atoms with Crippen LogP contribution in [0.2, 0.25) is 5.02 Å². The minimum absolute atomic E-state index is 0.304. The maximum atomic E-state index is 12.5. The van der Waals surface area contributed by atoms with Gasteiger partial charge in [-0.1, -0.05) is 36.9 Å². The van der Waals surface area contributed by atoms with Gasteiger partial charge in [-0.25, -0.2) is 8.42 Å². The summed E-state index contributed by atoms with van der Waals surface area (Å²) in [6, 6.07) is 4.16. The lowest BCUT2D eigenvalue weighted by Crippen LogP contribution is -2.48. The van der Waals surface area contributed by atoms with Crippen molar-refractivity contribution in [3.05, 3.63) is 28.8 Å². The zero-order valence-corrected chi connectivity index (χ0v) is 18.6. The molecule has 1 aromatic rings. The molecule has 1 unspecified atom stereocenters. The molecule has 5 nitrogen and oxygen atoms in total. The van der Waals surface area contributed by atoms with Crippen molar-refractivity contribution >= 4 is 45.0 Å². The van der Waals surface area contributed by atoms with E-state index in [2.05, 4.69) is 5.32 Å². The number of nitrogens with zero attached hydrogens (tertiary/aromatic N) is 1. The number of amides is 1. The Morgan fingerprint density at radius 2 is 2.00 bits per heavy atom. The van der Waals surface area contributed by atoms with E-state index in [-0.39, 0.29) is 5.91 Å². The largest absolute Gasteiger partial charge is 0.353 e. The highest BCUT2D eigenvalue weighted by Gasteiger charge is 2.29. The summed E-state index contributed by atoms with van der Waals surface area (Å²) < 4.78 is 25.7. The number of sulfonamides is 1. The number of halogens is 1. The predicted molar refractivity (Wildman–Crippen MR) is 115 cm³/mol. The zero-order chi connectivity index (χ0) is 20.0. The van der Waals surface area contributed by atoms with E-state index in [9.17, 15) is 13.2 Å². The Morgan fingerprint density at radius 1 is 1.33 bits per heavy atom. The lowest BCUT2D eigenvalue weighted by molar-refractivity contribution is -0.121. The fourth-order valence-corrected chi connectivity index (χ4v) is 5.87. The molecule has 1 N–H and O–H groups in total. The Bertz CT molecular complexity index is 749. The Balaban J connectivity index is 1.96. The van der Waals surface area contributed by atoms with E-state index in [0.29, 0.717) is 22.5 Å². The normalized spacial score (nSPS) is 16.7. The fraction of sp³-hybridized carbons (Fsp3) is 0.632. The number of carbonyl (C=O) groups excluding carboxylic acids is 1. The molecule has 0 saturated heterocycles. The van der Waals surface area contributed by atoms with Gasteiger partial charge in [0.05, 0.1) is 11.9 Å². The Hall–Kier alpha value is -0.920. The first kappa shape index (κ1) is 22.4. The van der Waals surface area contributed by atoms with Crippen LogP contribution in [0.1, 0.15) is 44.6 Å². The van der Waals surface area contributed by atoms with Crippen molar-refractivity contribution in [1.82, 2.24) is 5.32 Å². The summed E-state index contributed by atoms with van der Waals surface area (Å²) in [6.45, 7) is 3.98. The third kappa shape index (κ3) is 6.57. The smallest absolute Gasteiger partial charge is 0.243 e. The van der Waals surface area contributed by atoms with Crippen molar-refractivity contribution in [2.24, 2.45) is 0 Å².